The molecule has 0 saturated carbocycles. The summed E-state index contributed by atoms with van der Waals surface area (Å²) in [6.07, 6.45) is 0. The van der Waals surface area contributed by atoms with E-state index in [0.29, 0.717) is 6.04 Å². The number of benzene rings is 2. The largest absolute Gasteiger partial charge is 0.379 e. The van der Waals surface area contributed by atoms with Gasteiger partial charge in [-0.05, 0) is 23.6 Å². The molecular formula is C20H26N2O. The smallest absolute Gasteiger partial charge is 0.0594 e. The number of ether oxygens (including phenoxy) is 1. The van der Waals surface area contributed by atoms with E-state index in [4.69, 9.17) is 4.74 Å². The summed E-state index contributed by atoms with van der Waals surface area (Å²) in [6.45, 7) is 8.11. The van der Waals surface area contributed by atoms with Crippen LogP contribution in [0.25, 0.3) is 11.1 Å². The highest BCUT2D eigenvalue weighted by molar-refractivity contribution is 5.63. The SMILES string of the molecule is CC(CN1CCOCC1)NCc1ccc(-c2ccccc2)cc1. The molecule has 3 rings (SSSR count). The third kappa shape index (κ3) is 4.90. The quantitative estimate of drug-likeness (QED) is 0.887. The summed E-state index contributed by atoms with van der Waals surface area (Å²) in [6, 6.07) is 19.9. The molecule has 1 unspecified atom stereocenters. The van der Waals surface area contributed by atoms with Crippen molar-refractivity contribution < 1.29 is 4.74 Å². The zero-order chi connectivity index (χ0) is 15.9. The first-order chi connectivity index (χ1) is 11.3. The third-order valence-electron chi connectivity index (χ3n) is 4.35. The number of nitrogens with zero attached hydrogens (tertiary/aromatic N) is 1. The fourth-order valence-corrected chi connectivity index (χ4v) is 2.97. The highest BCUT2D eigenvalue weighted by Gasteiger charge is 2.13. The van der Waals surface area contributed by atoms with Crippen LogP contribution in [0.5, 0.6) is 0 Å². The van der Waals surface area contributed by atoms with Crippen LogP contribution in [-0.4, -0.2) is 43.8 Å². The van der Waals surface area contributed by atoms with Crippen LogP contribution < -0.4 is 5.32 Å². The van der Waals surface area contributed by atoms with Crippen molar-refractivity contribution in [3.63, 3.8) is 0 Å². The Bertz CT molecular complexity index is 576. The van der Waals surface area contributed by atoms with Gasteiger partial charge in [-0.15, -0.1) is 0 Å². The fourth-order valence-electron chi connectivity index (χ4n) is 2.97. The molecule has 0 spiro atoms. The Morgan fingerprint density at radius 1 is 0.957 bits per heavy atom. The summed E-state index contributed by atoms with van der Waals surface area (Å²) in [5.41, 5.74) is 3.88. The summed E-state index contributed by atoms with van der Waals surface area (Å²) in [4.78, 5) is 2.47. The number of morpholine rings is 1. The van der Waals surface area contributed by atoms with Crippen LogP contribution >= 0.6 is 0 Å². The Morgan fingerprint density at radius 3 is 2.30 bits per heavy atom. The monoisotopic (exact) mass is 310 g/mol. The van der Waals surface area contributed by atoms with Gasteiger partial charge in [0, 0.05) is 32.2 Å². The van der Waals surface area contributed by atoms with Crippen molar-refractivity contribution in [1.82, 2.24) is 10.2 Å². The standard InChI is InChI=1S/C20H26N2O/c1-17(16-22-11-13-23-14-12-22)21-15-18-7-9-20(10-8-18)19-5-3-2-4-6-19/h2-10,17,21H,11-16H2,1H3. The molecule has 1 fully saturated rings. The van der Waals surface area contributed by atoms with Crippen LogP contribution in [0.15, 0.2) is 54.6 Å². The van der Waals surface area contributed by atoms with Gasteiger partial charge in [-0.2, -0.15) is 0 Å². The van der Waals surface area contributed by atoms with Gasteiger partial charge < -0.3 is 10.1 Å². The van der Waals surface area contributed by atoms with Gasteiger partial charge in [0.1, 0.15) is 0 Å². The Labute approximate surface area is 139 Å². The van der Waals surface area contributed by atoms with Crippen molar-refractivity contribution >= 4 is 0 Å². The van der Waals surface area contributed by atoms with Crippen LogP contribution in [0, 0.1) is 0 Å². The zero-order valence-electron chi connectivity index (χ0n) is 13.9. The minimum Gasteiger partial charge on any atom is -0.379 e. The third-order valence-corrected chi connectivity index (χ3v) is 4.35. The fraction of sp³-hybridized carbons (Fsp3) is 0.400. The molecule has 23 heavy (non-hydrogen) atoms. The number of rotatable bonds is 6. The van der Waals surface area contributed by atoms with E-state index in [-0.39, 0.29) is 0 Å². The Morgan fingerprint density at radius 2 is 1.61 bits per heavy atom. The maximum absolute atomic E-state index is 5.40. The maximum atomic E-state index is 5.40. The van der Waals surface area contributed by atoms with E-state index < -0.39 is 0 Å². The molecule has 1 aliphatic heterocycles. The second-order valence-electron chi connectivity index (χ2n) is 6.26. The van der Waals surface area contributed by atoms with Gasteiger partial charge in [0.15, 0.2) is 0 Å². The van der Waals surface area contributed by atoms with Gasteiger partial charge in [-0.25, -0.2) is 0 Å². The molecule has 0 aromatic heterocycles. The van der Waals surface area contributed by atoms with Crippen LogP contribution in [-0.2, 0) is 11.3 Å². The number of nitrogens with one attached hydrogen (secondary N) is 1. The highest BCUT2D eigenvalue weighted by atomic mass is 16.5. The first-order valence-corrected chi connectivity index (χ1v) is 8.49. The molecule has 1 heterocycles. The van der Waals surface area contributed by atoms with E-state index in [2.05, 4.69) is 71.7 Å². The second kappa shape index (κ2) is 8.25. The lowest BCUT2D eigenvalue weighted by Crippen LogP contribution is -2.44. The minimum atomic E-state index is 0.488. The lowest BCUT2D eigenvalue weighted by Gasteiger charge is -2.29. The van der Waals surface area contributed by atoms with Crippen molar-refractivity contribution in [2.24, 2.45) is 0 Å². The molecule has 3 nitrogen and oxygen atoms in total. The second-order valence-corrected chi connectivity index (χ2v) is 6.26. The van der Waals surface area contributed by atoms with Gasteiger partial charge in [0.2, 0.25) is 0 Å². The average molecular weight is 310 g/mol. The predicted molar refractivity (Wildman–Crippen MR) is 95.4 cm³/mol. The number of hydrogen-bond donors (Lipinski definition) is 1. The van der Waals surface area contributed by atoms with Crippen LogP contribution in [0.4, 0.5) is 0 Å². The van der Waals surface area contributed by atoms with Gasteiger partial charge in [0.05, 0.1) is 13.2 Å². The van der Waals surface area contributed by atoms with Crippen molar-refractivity contribution in [1.29, 1.82) is 0 Å². The van der Waals surface area contributed by atoms with Crippen LogP contribution in [0.2, 0.25) is 0 Å². The van der Waals surface area contributed by atoms with Crippen molar-refractivity contribution in [3.8, 4) is 11.1 Å². The lowest BCUT2D eigenvalue weighted by atomic mass is 10.0. The molecule has 3 heteroatoms. The van der Waals surface area contributed by atoms with E-state index >= 15 is 0 Å². The van der Waals surface area contributed by atoms with Crippen LogP contribution in [0.3, 0.4) is 0 Å². The highest BCUT2D eigenvalue weighted by Crippen LogP contribution is 2.19. The van der Waals surface area contributed by atoms with E-state index in [1.807, 2.05) is 0 Å². The summed E-state index contributed by atoms with van der Waals surface area (Å²) in [5.74, 6) is 0. The maximum Gasteiger partial charge on any atom is 0.0594 e. The molecule has 0 amide bonds. The summed E-state index contributed by atoms with van der Waals surface area (Å²) < 4.78 is 5.40. The van der Waals surface area contributed by atoms with Crippen molar-refractivity contribution in [2.45, 2.75) is 19.5 Å². The lowest BCUT2D eigenvalue weighted by molar-refractivity contribution is 0.0343. The Hall–Kier alpha value is -1.68. The summed E-state index contributed by atoms with van der Waals surface area (Å²) in [7, 11) is 0. The van der Waals surface area contributed by atoms with E-state index in [1.54, 1.807) is 0 Å². The van der Waals surface area contributed by atoms with Crippen LogP contribution in [0.1, 0.15) is 12.5 Å². The normalized spacial score (nSPS) is 17.1. The van der Waals surface area contributed by atoms with E-state index in [0.717, 1.165) is 39.4 Å². The molecule has 2 aromatic rings. The summed E-state index contributed by atoms with van der Waals surface area (Å²) >= 11 is 0. The molecule has 1 saturated heterocycles. The first-order valence-electron chi connectivity index (χ1n) is 8.49. The summed E-state index contributed by atoms with van der Waals surface area (Å²) in [5, 5.41) is 3.62. The van der Waals surface area contributed by atoms with Gasteiger partial charge in [-0.3, -0.25) is 4.90 Å². The van der Waals surface area contributed by atoms with Crippen molar-refractivity contribution in [2.75, 3.05) is 32.8 Å². The molecule has 0 bridgehead atoms. The van der Waals surface area contributed by atoms with Gasteiger partial charge >= 0.3 is 0 Å². The van der Waals surface area contributed by atoms with E-state index in [1.165, 1.54) is 16.7 Å². The molecular weight excluding hydrogens is 284 g/mol. The number of hydrogen-bond acceptors (Lipinski definition) is 3. The predicted octanol–water partition coefficient (Wildman–Crippen LogP) is 3.16. The Kier molecular flexibility index (Phi) is 5.81. The molecule has 122 valence electrons. The molecule has 1 aliphatic rings. The minimum absolute atomic E-state index is 0.488. The molecule has 0 radical (unpaired) electrons. The molecule has 1 atom stereocenters. The van der Waals surface area contributed by atoms with Gasteiger partial charge in [0.25, 0.3) is 0 Å². The molecule has 2 aromatic carbocycles. The zero-order valence-corrected chi connectivity index (χ0v) is 13.9. The molecule has 0 aliphatic carbocycles. The van der Waals surface area contributed by atoms with E-state index in [9.17, 15) is 0 Å². The molecule has 1 N–H and O–H groups in total. The first kappa shape index (κ1) is 16.2. The van der Waals surface area contributed by atoms with Crippen molar-refractivity contribution in [3.05, 3.63) is 60.2 Å². The Balaban J connectivity index is 1.48. The topological polar surface area (TPSA) is 24.5 Å². The average Bonchev–Trinajstić information content (AvgIpc) is 2.62. The van der Waals surface area contributed by atoms with Gasteiger partial charge in [-0.1, -0.05) is 54.6 Å².